The molecule has 0 radical (unpaired) electrons. The quantitative estimate of drug-likeness (QED) is 0.771. The molecule has 1 atom stereocenters. The summed E-state index contributed by atoms with van der Waals surface area (Å²) >= 11 is 0. The summed E-state index contributed by atoms with van der Waals surface area (Å²) in [6.45, 7) is 1.45. The number of nitrogen functional groups attached to an aromatic ring is 1. The van der Waals surface area contributed by atoms with Crippen LogP contribution in [-0.4, -0.2) is 43.8 Å². The van der Waals surface area contributed by atoms with Crippen LogP contribution in [0.1, 0.15) is 34.8 Å². The number of aromatic nitrogens is 4. The van der Waals surface area contributed by atoms with E-state index in [0.717, 1.165) is 36.3 Å². The average Bonchev–Trinajstić information content (AvgIpc) is 2.74. The highest BCUT2D eigenvalue weighted by Gasteiger charge is 2.26. The number of likely N-dealkylation sites (tertiary alicyclic amines) is 1. The second-order valence-corrected chi connectivity index (χ2v) is 6.63. The lowest BCUT2D eigenvalue weighted by Gasteiger charge is -2.32. The van der Waals surface area contributed by atoms with Crippen LogP contribution in [0.2, 0.25) is 0 Å². The summed E-state index contributed by atoms with van der Waals surface area (Å²) in [7, 11) is 0. The van der Waals surface area contributed by atoms with Gasteiger partial charge in [-0.1, -0.05) is 12.1 Å². The van der Waals surface area contributed by atoms with Crippen LogP contribution in [0.5, 0.6) is 0 Å². The smallest absolute Gasteiger partial charge is 0.253 e. The Kier molecular flexibility index (Phi) is 4.74. The number of piperidine rings is 1. The van der Waals surface area contributed by atoms with E-state index >= 15 is 0 Å². The number of hydrogen-bond acceptors (Lipinski definition) is 6. The maximum Gasteiger partial charge on any atom is 0.253 e. The van der Waals surface area contributed by atoms with Crippen LogP contribution >= 0.6 is 0 Å². The van der Waals surface area contributed by atoms with E-state index in [1.165, 1.54) is 6.33 Å². The minimum atomic E-state index is 0.0440. The molecule has 1 aromatic carbocycles. The molecule has 1 saturated heterocycles. The maximum absolute atomic E-state index is 12.9. The molecule has 0 unspecified atom stereocenters. The molecule has 27 heavy (non-hydrogen) atoms. The van der Waals surface area contributed by atoms with E-state index in [-0.39, 0.29) is 11.8 Å². The first-order valence-corrected chi connectivity index (χ1v) is 8.94. The Morgan fingerprint density at radius 2 is 1.93 bits per heavy atom. The molecule has 4 rings (SSSR count). The van der Waals surface area contributed by atoms with Gasteiger partial charge in [0.15, 0.2) is 0 Å². The molecule has 0 aliphatic carbocycles. The van der Waals surface area contributed by atoms with Crippen molar-refractivity contribution in [2.24, 2.45) is 0 Å². The average molecular weight is 360 g/mol. The molecule has 3 aromatic rings. The van der Waals surface area contributed by atoms with Gasteiger partial charge in [0.2, 0.25) is 0 Å². The van der Waals surface area contributed by atoms with E-state index in [1.807, 2.05) is 35.2 Å². The third-order valence-electron chi connectivity index (χ3n) is 4.85. The molecule has 2 N–H and O–H groups in total. The van der Waals surface area contributed by atoms with Gasteiger partial charge in [0.25, 0.3) is 5.91 Å². The number of amides is 1. The number of nitrogens with two attached hydrogens (primary N) is 1. The van der Waals surface area contributed by atoms with Crippen molar-refractivity contribution >= 4 is 11.7 Å². The molecule has 1 fully saturated rings. The van der Waals surface area contributed by atoms with Gasteiger partial charge in [-0.2, -0.15) is 0 Å². The van der Waals surface area contributed by atoms with E-state index in [0.29, 0.717) is 17.9 Å². The van der Waals surface area contributed by atoms with Gasteiger partial charge >= 0.3 is 0 Å². The van der Waals surface area contributed by atoms with Gasteiger partial charge in [0.1, 0.15) is 18.5 Å². The van der Waals surface area contributed by atoms with E-state index in [9.17, 15) is 4.79 Å². The molecule has 3 heterocycles. The van der Waals surface area contributed by atoms with Crippen molar-refractivity contribution in [2.45, 2.75) is 18.8 Å². The fourth-order valence-electron chi connectivity index (χ4n) is 3.44. The zero-order chi connectivity index (χ0) is 18.6. The topological polar surface area (TPSA) is 97.9 Å². The Morgan fingerprint density at radius 3 is 2.67 bits per heavy atom. The number of carbonyl (C=O) groups is 1. The summed E-state index contributed by atoms with van der Waals surface area (Å²) in [4.78, 5) is 31.3. The molecule has 7 heteroatoms. The highest BCUT2D eigenvalue weighted by molar-refractivity contribution is 5.94. The van der Waals surface area contributed by atoms with Gasteiger partial charge in [0.05, 0.1) is 5.69 Å². The molecule has 0 saturated carbocycles. The lowest BCUT2D eigenvalue weighted by molar-refractivity contribution is 0.0706. The van der Waals surface area contributed by atoms with Crippen LogP contribution < -0.4 is 5.73 Å². The van der Waals surface area contributed by atoms with Crippen molar-refractivity contribution in [1.29, 1.82) is 0 Å². The van der Waals surface area contributed by atoms with Crippen molar-refractivity contribution in [2.75, 3.05) is 18.8 Å². The summed E-state index contributed by atoms with van der Waals surface area (Å²) in [6.07, 6.45) is 6.76. The van der Waals surface area contributed by atoms with Gasteiger partial charge < -0.3 is 10.6 Å². The van der Waals surface area contributed by atoms with Crippen LogP contribution in [0.4, 0.5) is 5.82 Å². The minimum Gasteiger partial charge on any atom is -0.384 e. The Balaban J connectivity index is 1.49. The van der Waals surface area contributed by atoms with Crippen LogP contribution in [-0.2, 0) is 0 Å². The molecular formula is C20H20N6O. The third kappa shape index (κ3) is 3.76. The van der Waals surface area contributed by atoms with Gasteiger partial charge in [-0.15, -0.1) is 0 Å². The number of nitrogens with zero attached hydrogens (tertiary/aromatic N) is 5. The van der Waals surface area contributed by atoms with Crippen LogP contribution in [0.25, 0.3) is 11.3 Å². The number of anilines is 1. The van der Waals surface area contributed by atoms with Crippen LogP contribution in [0, 0.1) is 0 Å². The van der Waals surface area contributed by atoms with E-state index in [2.05, 4.69) is 19.9 Å². The van der Waals surface area contributed by atoms with Crippen molar-refractivity contribution < 1.29 is 4.79 Å². The first-order valence-electron chi connectivity index (χ1n) is 8.94. The molecule has 1 amide bonds. The first-order chi connectivity index (χ1) is 13.2. The molecule has 7 nitrogen and oxygen atoms in total. The van der Waals surface area contributed by atoms with Crippen LogP contribution in [0.15, 0.2) is 55.2 Å². The van der Waals surface area contributed by atoms with Gasteiger partial charge in [-0.3, -0.25) is 4.79 Å². The number of benzene rings is 1. The molecule has 1 aliphatic rings. The normalized spacial score (nSPS) is 16.9. The molecule has 0 spiro atoms. The molecular weight excluding hydrogens is 340 g/mol. The Bertz CT molecular complexity index is 929. The molecule has 1 aliphatic heterocycles. The standard InChI is InChI=1S/C20H20N6O/c21-19-10-18(24-13-25-19)14-3-5-15(6-4-14)20(27)26-9-1-2-16(11-26)17-7-8-22-12-23-17/h3-8,10,12-13,16H,1-2,9,11H2,(H2,21,24,25)/t16-/m0/s1. The summed E-state index contributed by atoms with van der Waals surface area (Å²) in [5.41, 5.74) is 9.02. The van der Waals surface area contributed by atoms with Crippen molar-refractivity contribution in [1.82, 2.24) is 24.8 Å². The largest absolute Gasteiger partial charge is 0.384 e. The second-order valence-electron chi connectivity index (χ2n) is 6.63. The van der Waals surface area contributed by atoms with E-state index in [1.54, 1.807) is 18.6 Å². The number of hydrogen-bond donors (Lipinski definition) is 1. The lowest BCUT2D eigenvalue weighted by atomic mass is 9.94. The zero-order valence-electron chi connectivity index (χ0n) is 14.8. The molecule has 2 aromatic heterocycles. The zero-order valence-corrected chi connectivity index (χ0v) is 14.8. The number of carbonyl (C=O) groups excluding carboxylic acids is 1. The van der Waals surface area contributed by atoms with Gasteiger partial charge in [-0.05, 0) is 31.0 Å². The van der Waals surface area contributed by atoms with E-state index < -0.39 is 0 Å². The summed E-state index contributed by atoms with van der Waals surface area (Å²) < 4.78 is 0. The van der Waals surface area contributed by atoms with Crippen molar-refractivity contribution in [3.05, 3.63) is 66.5 Å². The molecule has 0 bridgehead atoms. The highest BCUT2D eigenvalue weighted by Crippen LogP contribution is 2.26. The Labute approximate surface area is 157 Å². The minimum absolute atomic E-state index is 0.0440. The van der Waals surface area contributed by atoms with Gasteiger partial charge in [0, 0.05) is 48.1 Å². The van der Waals surface area contributed by atoms with Crippen molar-refractivity contribution in [3.63, 3.8) is 0 Å². The summed E-state index contributed by atoms with van der Waals surface area (Å²) in [6, 6.07) is 11.1. The highest BCUT2D eigenvalue weighted by atomic mass is 16.2. The predicted octanol–water partition coefficient (Wildman–Crippen LogP) is 2.54. The fraction of sp³-hybridized carbons (Fsp3) is 0.250. The number of rotatable bonds is 3. The van der Waals surface area contributed by atoms with Crippen LogP contribution in [0.3, 0.4) is 0 Å². The van der Waals surface area contributed by atoms with E-state index in [4.69, 9.17) is 5.73 Å². The fourth-order valence-corrected chi connectivity index (χ4v) is 3.44. The third-order valence-corrected chi connectivity index (χ3v) is 4.85. The van der Waals surface area contributed by atoms with Crippen molar-refractivity contribution in [3.8, 4) is 11.3 Å². The monoisotopic (exact) mass is 360 g/mol. The maximum atomic E-state index is 12.9. The lowest BCUT2D eigenvalue weighted by Crippen LogP contribution is -2.39. The summed E-state index contributed by atoms with van der Waals surface area (Å²) in [5.74, 6) is 0.723. The summed E-state index contributed by atoms with van der Waals surface area (Å²) in [5, 5.41) is 0. The molecule has 136 valence electrons. The van der Waals surface area contributed by atoms with Gasteiger partial charge in [-0.25, -0.2) is 19.9 Å². The Hall–Kier alpha value is -3.35. The predicted molar refractivity (Wildman–Crippen MR) is 102 cm³/mol. The Morgan fingerprint density at radius 1 is 1.07 bits per heavy atom. The first kappa shape index (κ1) is 17.1. The second kappa shape index (κ2) is 7.49. The SMILES string of the molecule is Nc1cc(-c2ccc(C(=O)N3CCC[C@H](c4ccncn4)C3)cc2)ncn1.